The molecule has 1 saturated heterocycles. The van der Waals surface area contributed by atoms with Gasteiger partial charge in [0.1, 0.15) is 0 Å². The Balaban J connectivity index is 0.000000980. The van der Waals surface area contributed by atoms with E-state index in [4.69, 9.17) is 0 Å². The van der Waals surface area contributed by atoms with Gasteiger partial charge in [0.25, 0.3) is 5.92 Å². The van der Waals surface area contributed by atoms with Crippen LogP contribution in [0, 0.1) is 0 Å². The summed E-state index contributed by atoms with van der Waals surface area (Å²) >= 11 is 0. The van der Waals surface area contributed by atoms with E-state index in [0.717, 1.165) is 5.56 Å². The summed E-state index contributed by atoms with van der Waals surface area (Å²) < 4.78 is 25.6. The quantitative estimate of drug-likeness (QED) is 0.766. The molecule has 0 bridgehead atoms. The first-order chi connectivity index (χ1) is 6.17. The zero-order chi connectivity index (χ0) is 9.31. The zero-order valence-electron chi connectivity index (χ0n) is 7.54. The lowest BCUT2D eigenvalue weighted by atomic mass is 10.0. The van der Waals surface area contributed by atoms with Crippen LogP contribution in [0.5, 0.6) is 0 Å². The minimum atomic E-state index is -2.54. The Morgan fingerprint density at radius 1 is 1.21 bits per heavy atom. The third kappa shape index (κ3) is 2.42. The van der Waals surface area contributed by atoms with E-state index in [1.807, 2.05) is 30.3 Å². The molecule has 1 aliphatic heterocycles. The molecule has 0 radical (unpaired) electrons. The first kappa shape index (κ1) is 11.4. The maximum absolute atomic E-state index is 12.8. The summed E-state index contributed by atoms with van der Waals surface area (Å²) in [5.41, 5.74) is 0.944. The van der Waals surface area contributed by atoms with Crippen LogP contribution in [0.1, 0.15) is 18.0 Å². The standard InChI is InChI=1S/C10H11F2N.ClH/c11-10(12)6-9(13-7-10)8-4-2-1-3-5-8;/h1-5,9,13H,6-7H2;1H. The van der Waals surface area contributed by atoms with Crippen molar-refractivity contribution < 1.29 is 8.78 Å². The summed E-state index contributed by atoms with van der Waals surface area (Å²) in [6.07, 6.45) is -0.0863. The van der Waals surface area contributed by atoms with Gasteiger partial charge in [0.05, 0.1) is 6.54 Å². The maximum atomic E-state index is 12.8. The first-order valence-electron chi connectivity index (χ1n) is 4.33. The largest absolute Gasteiger partial charge is 0.304 e. The van der Waals surface area contributed by atoms with Crippen LogP contribution in [0.25, 0.3) is 0 Å². The van der Waals surface area contributed by atoms with E-state index in [2.05, 4.69) is 5.32 Å². The second-order valence-corrected chi connectivity index (χ2v) is 3.40. The van der Waals surface area contributed by atoms with Crippen molar-refractivity contribution in [3.63, 3.8) is 0 Å². The second-order valence-electron chi connectivity index (χ2n) is 3.40. The number of rotatable bonds is 1. The molecule has 1 aliphatic rings. The molecule has 0 aliphatic carbocycles. The molecule has 1 N–H and O–H groups in total. The fourth-order valence-corrected chi connectivity index (χ4v) is 1.64. The summed E-state index contributed by atoms with van der Waals surface area (Å²) in [5, 5.41) is 2.81. The monoisotopic (exact) mass is 219 g/mol. The lowest BCUT2D eigenvalue weighted by Crippen LogP contribution is -2.19. The molecule has 2 rings (SSSR count). The second kappa shape index (κ2) is 4.24. The maximum Gasteiger partial charge on any atom is 0.262 e. The van der Waals surface area contributed by atoms with Crippen LogP contribution >= 0.6 is 12.4 Å². The van der Waals surface area contributed by atoms with Gasteiger partial charge in [-0.05, 0) is 5.56 Å². The Morgan fingerprint density at radius 2 is 1.86 bits per heavy atom. The SMILES string of the molecule is Cl.FC1(F)CNC(c2ccccc2)C1. The van der Waals surface area contributed by atoms with Gasteiger partial charge in [-0.2, -0.15) is 0 Å². The highest BCUT2D eigenvalue weighted by Crippen LogP contribution is 2.33. The summed E-state index contributed by atoms with van der Waals surface area (Å²) in [5.74, 6) is -2.54. The van der Waals surface area contributed by atoms with E-state index in [9.17, 15) is 8.78 Å². The normalized spacial score (nSPS) is 24.3. The minimum absolute atomic E-state index is 0. The van der Waals surface area contributed by atoms with Gasteiger partial charge in [0, 0.05) is 12.5 Å². The van der Waals surface area contributed by atoms with Crippen LogP contribution < -0.4 is 5.32 Å². The lowest BCUT2D eigenvalue weighted by Gasteiger charge is -2.09. The summed E-state index contributed by atoms with van der Waals surface area (Å²) in [6.45, 7) is -0.202. The molecule has 1 aromatic rings. The molecule has 1 heterocycles. The number of halogens is 3. The summed E-state index contributed by atoms with van der Waals surface area (Å²) in [7, 11) is 0. The van der Waals surface area contributed by atoms with Gasteiger partial charge in [0.15, 0.2) is 0 Å². The van der Waals surface area contributed by atoms with Crippen LogP contribution in [0.3, 0.4) is 0 Å². The van der Waals surface area contributed by atoms with E-state index < -0.39 is 5.92 Å². The molecule has 4 heteroatoms. The average Bonchev–Trinajstić information content (AvgIpc) is 2.48. The van der Waals surface area contributed by atoms with Crippen LogP contribution in [-0.2, 0) is 0 Å². The molecule has 1 aromatic carbocycles. The van der Waals surface area contributed by atoms with Gasteiger partial charge < -0.3 is 5.32 Å². The van der Waals surface area contributed by atoms with Crippen LogP contribution in [0.15, 0.2) is 30.3 Å². The van der Waals surface area contributed by atoms with Crippen molar-refractivity contribution in [3.05, 3.63) is 35.9 Å². The molecule has 1 unspecified atom stereocenters. The van der Waals surface area contributed by atoms with E-state index in [0.29, 0.717) is 0 Å². The molecule has 78 valence electrons. The first-order valence-corrected chi connectivity index (χ1v) is 4.33. The van der Waals surface area contributed by atoms with Gasteiger partial charge in [-0.15, -0.1) is 12.4 Å². The van der Waals surface area contributed by atoms with E-state index >= 15 is 0 Å². The number of hydrogen-bond donors (Lipinski definition) is 1. The molecule has 0 amide bonds. The van der Waals surface area contributed by atoms with E-state index in [1.54, 1.807) is 0 Å². The van der Waals surface area contributed by atoms with Crippen molar-refractivity contribution in [1.29, 1.82) is 0 Å². The molecule has 0 aromatic heterocycles. The van der Waals surface area contributed by atoms with Crippen LogP contribution in [-0.4, -0.2) is 12.5 Å². The van der Waals surface area contributed by atoms with Gasteiger partial charge in [-0.3, -0.25) is 0 Å². The Hall–Kier alpha value is -0.670. The predicted octanol–water partition coefficient (Wildman–Crippen LogP) is 2.78. The number of benzene rings is 1. The van der Waals surface area contributed by atoms with E-state index in [1.165, 1.54) is 0 Å². The van der Waals surface area contributed by atoms with Crippen molar-refractivity contribution in [1.82, 2.24) is 5.32 Å². The molecular formula is C10H12ClF2N. The Labute approximate surface area is 87.9 Å². The fraction of sp³-hybridized carbons (Fsp3) is 0.400. The molecule has 0 saturated carbocycles. The predicted molar refractivity (Wildman–Crippen MR) is 54.0 cm³/mol. The van der Waals surface area contributed by atoms with Gasteiger partial charge >= 0.3 is 0 Å². The van der Waals surface area contributed by atoms with Crippen molar-refractivity contribution in [2.24, 2.45) is 0 Å². The summed E-state index contributed by atoms with van der Waals surface area (Å²) in [4.78, 5) is 0. The minimum Gasteiger partial charge on any atom is -0.304 e. The van der Waals surface area contributed by atoms with Crippen LogP contribution in [0.4, 0.5) is 8.78 Å². The highest BCUT2D eigenvalue weighted by molar-refractivity contribution is 5.85. The molecule has 14 heavy (non-hydrogen) atoms. The fourth-order valence-electron chi connectivity index (χ4n) is 1.64. The van der Waals surface area contributed by atoms with Crippen molar-refractivity contribution >= 4 is 12.4 Å². The van der Waals surface area contributed by atoms with E-state index in [-0.39, 0.29) is 31.4 Å². The Morgan fingerprint density at radius 3 is 2.36 bits per heavy atom. The Kier molecular flexibility index (Phi) is 3.45. The van der Waals surface area contributed by atoms with Crippen molar-refractivity contribution in [2.45, 2.75) is 18.4 Å². The van der Waals surface area contributed by atoms with Crippen molar-refractivity contribution in [3.8, 4) is 0 Å². The highest BCUT2D eigenvalue weighted by Gasteiger charge is 2.39. The van der Waals surface area contributed by atoms with Gasteiger partial charge in [0.2, 0.25) is 0 Å². The third-order valence-corrected chi connectivity index (χ3v) is 2.31. The number of alkyl halides is 2. The van der Waals surface area contributed by atoms with Gasteiger partial charge in [-0.25, -0.2) is 8.78 Å². The topological polar surface area (TPSA) is 12.0 Å². The molecule has 0 spiro atoms. The molecule has 1 atom stereocenters. The smallest absolute Gasteiger partial charge is 0.262 e. The van der Waals surface area contributed by atoms with Crippen molar-refractivity contribution in [2.75, 3.05) is 6.54 Å². The lowest BCUT2D eigenvalue weighted by molar-refractivity contribution is 0.0210. The number of hydrogen-bond acceptors (Lipinski definition) is 1. The van der Waals surface area contributed by atoms with Gasteiger partial charge in [-0.1, -0.05) is 30.3 Å². The summed E-state index contributed by atoms with van der Waals surface area (Å²) in [6, 6.07) is 9.19. The Bertz CT molecular complexity index is 289. The number of nitrogens with one attached hydrogen (secondary N) is 1. The zero-order valence-corrected chi connectivity index (χ0v) is 8.36. The molecular weight excluding hydrogens is 208 g/mol. The highest BCUT2D eigenvalue weighted by atomic mass is 35.5. The molecule has 1 fully saturated rings. The third-order valence-electron chi connectivity index (χ3n) is 2.31. The van der Waals surface area contributed by atoms with Crippen LogP contribution in [0.2, 0.25) is 0 Å². The molecule has 1 nitrogen and oxygen atoms in total. The average molecular weight is 220 g/mol.